The second kappa shape index (κ2) is 6.48. The normalized spacial score (nSPS) is 20.8. The molecule has 2 rings (SSSR count). The third-order valence-corrected chi connectivity index (χ3v) is 5.11. The maximum Gasteiger partial charge on any atom is 0.0987 e. The van der Waals surface area contributed by atoms with E-state index in [2.05, 4.69) is 22.0 Å². The maximum atomic E-state index is 10.5. The van der Waals surface area contributed by atoms with Crippen molar-refractivity contribution in [3.63, 3.8) is 0 Å². The molecule has 0 radical (unpaired) electrons. The minimum atomic E-state index is -0.466. The van der Waals surface area contributed by atoms with Crippen molar-refractivity contribution in [2.45, 2.75) is 37.9 Å². The monoisotopic (exact) mass is 334 g/mol. The molecule has 3 nitrogen and oxygen atoms in total. The quantitative estimate of drug-likeness (QED) is 0.899. The van der Waals surface area contributed by atoms with Crippen LogP contribution in [-0.2, 0) is 15.9 Å². The number of thiophene rings is 1. The van der Waals surface area contributed by atoms with Crippen molar-refractivity contribution in [1.82, 2.24) is 0 Å². The lowest BCUT2D eigenvalue weighted by Gasteiger charge is -2.40. The zero-order valence-electron chi connectivity index (χ0n) is 10.5. The Balaban J connectivity index is 2.05. The van der Waals surface area contributed by atoms with Crippen LogP contribution in [0.3, 0.4) is 0 Å². The lowest BCUT2D eigenvalue weighted by molar-refractivity contribution is -0.165. The van der Waals surface area contributed by atoms with Gasteiger partial charge in [-0.05, 0) is 28.9 Å². The smallest absolute Gasteiger partial charge is 0.0987 e. The minimum absolute atomic E-state index is 0.427. The first-order chi connectivity index (χ1) is 8.66. The summed E-state index contributed by atoms with van der Waals surface area (Å²) in [5.41, 5.74) is -0.427. The van der Waals surface area contributed by atoms with Crippen LogP contribution >= 0.6 is 27.3 Å². The summed E-state index contributed by atoms with van der Waals surface area (Å²) in [6.45, 7) is 3.95. The van der Waals surface area contributed by atoms with E-state index in [-0.39, 0.29) is 0 Å². The van der Waals surface area contributed by atoms with E-state index in [9.17, 15) is 5.11 Å². The van der Waals surface area contributed by atoms with Gasteiger partial charge in [-0.25, -0.2) is 0 Å². The summed E-state index contributed by atoms with van der Waals surface area (Å²) < 4.78 is 12.3. The molecule has 1 aromatic heterocycles. The van der Waals surface area contributed by atoms with Gasteiger partial charge in [-0.3, -0.25) is 0 Å². The predicted octanol–water partition coefficient (Wildman–Crippen LogP) is 3.00. The van der Waals surface area contributed by atoms with Gasteiger partial charge in [-0.2, -0.15) is 0 Å². The van der Waals surface area contributed by atoms with Crippen LogP contribution in [0.15, 0.2) is 15.9 Å². The second-order valence-electron chi connectivity index (χ2n) is 4.56. The summed E-state index contributed by atoms with van der Waals surface area (Å²) in [5.74, 6) is 0. The Labute approximate surface area is 120 Å². The molecule has 1 aromatic rings. The molecule has 0 aromatic carbocycles. The van der Waals surface area contributed by atoms with E-state index in [1.807, 2.05) is 12.3 Å². The second-order valence-corrected chi connectivity index (χ2v) is 6.47. The maximum absolute atomic E-state index is 10.5. The van der Waals surface area contributed by atoms with Crippen LogP contribution in [0.1, 0.15) is 24.6 Å². The van der Waals surface area contributed by atoms with Crippen LogP contribution in [0.2, 0.25) is 0 Å². The Kier molecular flexibility index (Phi) is 5.21. The van der Waals surface area contributed by atoms with E-state index < -0.39 is 11.7 Å². The molecule has 1 aliphatic rings. The topological polar surface area (TPSA) is 38.7 Å². The van der Waals surface area contributed by atoms with Crippen LogP contribution in [0.5, 0.6) is 0 Å². The van der Waals surface area contributed by atoms with Crippen molar-refractivity contribution in [2.24, 2.45) is 0 Å². The summed E-state index contributed by atoms with van der Waals surface area (Å²) in [4.78, 5) is 1.18. The predicted molar refractivity (Wildman–Crippen MR) is 76.1 cm³/mol. The Morgan fingerprint density at radius 3 is 2.83 bits per heavy atom. The Morgan fingerprint density at radius 2 is 2.28 bits per heavy atom. The first kappa shape index (κ1) is 14.5. The number of ether oxygens (including phenoxy) is 2. The van der Waals surface area contributed by atoms with Crippen LogP contribution in [-0.4, -0.2) is 36.6 Å². The first-order valence-electron chi connectivity index (χ1n) is 6.29. The molecular formula is C13H19BrO3S. The van der Waals surface area contributed by atoms with Crippen molar-refractivity contribution >= 4 is 27.3 Å². The van der Waals surface area contributed by atoms with E-state index in [1.165, 1.54) is 4.88 Å². The van der Waals surface area contributed by atoms with Gasteiger partial charge in [0.25, 0.3) is 0 Å². The van der Waals surface area contributed by atoms with Gasteiger partial charge in [-0.1, -0.05) is 0 Å². The standard InChI is InChI=1S/C13H19BrO3S/c1-2-17-13(3-5-16-6-4-13)12(15)8-11-7-10(14)9-18-11/h7,9,12,15H,2-6,8H2,1H3. The number of hydrogen-bond acceptors (Lipinski definition) is 4. The van der Waals surface area contributed by atoms with Crippen molar-refractivity contribution in [3.8, 4) is 0 Å². The van der Waals surface area contributed by atoms with E-state index in [0.717, 1.165) is 17.3 Å². The summed E-state index contributed by atoms with van der Waals surface area (Å²) in [5, 5.41) is 12.6. The molecule has 0 bridgehead atoms. The van der Waals surface area contributed by atoms with E-state index in [1.54, 1.807) is 11.3 Å². The molecule has 1 unspecified atom stereocenters. The van der Waals surface area contributed by atoms with Gasteiger partial charge in [-0.15, -0.1) is 11.3 Å². The molecule has 0 saturated carbocycles. The average molecular weight is 335 g/mol. The number of hydrogen-bond donors (Lipinski definition) is 1. The number of rotatable bonds is 5. The van der Waals surface area contributed by atoms with Gasteiger partial charge in [0.1, 0.15) is 0 Å². The first-order valence-corrected chi connectivity index (χ1v) is 7.96. The molecule has 5 heteroatoms. The molecule has 2 heterocycles. The highest BCUT2D eigenvalue weighted by atomic mass is 79.9. The van der Waals surface area contributed by atoms with Crippen LogP contribution in [0, 0.1) is 0 Å². The molecule has 0 amide bonds. The van der Waals surface area contributed by atoms with Crippen molar-refractivity contribution in [1.29, 1.82) is 0 Å². The summed E-state index contributed by atoms with van der Waals surface area (Å²) >= 11 is 5.10. The third kappa shape index (κ3) is 3.33. The SMILES string of the molecule is CCOC1(C(O)Cc2cc(Br)cs2)CCOCC1. The van der Waals surface area contributed by atoms with Crippen molar-refractivity contribution in [3.05, 3.63) is 20.8 Å². The molecule has 1 fully saturated rings. The molecule has 102 valence electrons. The van der Waals surface area contributed by atoms with Gasteiger partial charge < -0.3 is 14.6 Å². The van der Waals surface area contributed by atoms with Gasteiger partial charge >= 0.3 is 0 Å². The highest BCUT2D eigenvalue weighted by Gasteiger charge is 2.40. The van der Waals surface area contributed by atoms with Crippen molar-refractivity contribution in [2.75, 3.05) is 19.8 Å². The van der Waals surface area contributed by atoms with Crippen molar-refractivity contribution < 1.29 is 14.6 Å². The highest BCUT2D eigenvalue weighted by molar-refractivity contribution is 9.10. The van der Waals surface area contributed by atoms with Gasteiger partial charge in [0, 0.05) is 53.8 Å². The minimum Gasteiger partial charge on any atom is -0.390 e. The molecule has 1 saturated heterocycles. The van der Waals surface area contributed by atoms with E-state index in [4.69, 9.17) is 9.47 Å². The summed E-state index contributed by atoms with van der Waals surface area (Å²) in [6, 6.07) is 2.06. The molecule has 1 aliphatic heterocycles. The average Bonchev–Trinajstić information content (AvgIpc) is 2.76. The molecule has 0 spiro atoms. The number of aliphatic hydroxyl groups is 1. The Bertz CT molecular complexity index is 369. The van der Waals surface area contributed by atoms with Crippen LogP contribution in [0.4, 0.5) is 0 Å². The third-order valence-electron chi connectivity index (χ3n) is 3.39. The lowest BCUT2D eigenvalue weighted by atomic mass is 9.86. The fraction of sp³-hybridized carbons (Fsp3) is 0.692. The number of halogens is 1. The number of aliphatic hydroxyl groups excluding tert-OH is 1. The van der Waals surface area contributed by atoms with Crippen LogP contribution in [0.25, 0.3) is 0 Å². The highest BCUT2D eigenvalue weighted by Crippen LogP contribution is 2.32. The Morgan fingerprint density at radius 1 is 1.56 bits per heavy atom. The lowest BCUT2D eigenvalue weighted by Crippen LogP contribution is -2.50. The fourth-order valence-electron chi connectivity index (χ4n) is 2.42. The molecular weight excluding hydrogens is 316 g/mol. The zero-order valence-corrected chi connectivity index (χ0v) is 12.9. The molecule has 1 atom stereocenters. The van der Waals surface area contributed by atoms with E-state index in [0.29, 0.717) is 26.2 Å². The van der Waals surface area contributed by atoms with Gasteiger partial charge in [0.05, 0.1) is 11.7 Å². The zero-order chi connectivity index (χ0) is 13.0. The van der Waals surface area contributed by atoms with Gasteiger partial charge in [0.15, 0.2) is 0 Å². The summed E-state index contributed by atoms with van der Waals surface area (Å²) in [6.07, 6.45) is 1.73. The fourth-order valence-corrected chi connectivity index (χ4v) is 3.90. The molecule has 0 aliphatic carbocycles. The molecule has 1 N–H and O–H groups in total. The van der Waals surface area contributed by atoms with Gasteiger partial charge in [0.2, 0.25) is 0 Å². The molecule has 18 heavy (non-hydrogen) atoms. The summed E-state index contributed by atoms with van der Waals surface area (Å²) in [7, 11) is 0. The van der Waals surface area contributed by atoms with E-state index >= 15 is 0 Å². The Hall–Kier alpha value is 0.0600. The largest absolute Gasteiger partial charge is 0.390 e. The van der Waals surface area contributed by atoms with Crippen LogP contribution < -0.4 is 0 Å².